The van der Waals surface area contributed by atoms with E-state index >= 15 is 0 Å². The van der Waals surface area contributed by atoms with Gasteiger partial charge in [-0.25, -0.2) is 4.79 Å². The normalized spacial score (nSPS) is 11.7. The van der Waals surface area contributed by atoms with Crippen molar-refractivity contribution in [2.45, 2.75) is 33.0 Å². The first kappa shape index (κ1) is 24.1. The number of anilines is 1. The number of aryl methyl sites for hydroxylation is 1. The van der Waals surface area contributed by atoms with E-state index in [1.807, 2.05) is 72.8 Å². The Balaban J connectivity index is 1.45. The Hall–Kier alpha value is -3.57. The first-order valence-corrected chi connectivity index (χ1v) is 11.1. The van der Waals surface area contributed by atoms with Crippen LogP contribution in [-0.2, 0) is 27.4 Å². The predicted molar refractivity (Wildman–Crippen MR) is 131 cm³/mol. The largest absolute Gasteiger partial charge is 0.489 e. The van der Waals surface area contributed by atoms with Crippen LogP contribution in [0.2, 0.25) is 5.02 Å². The topological polar surface area (TPSA) is 64.6 Å². The van der Waals surface area contributed by atoms with Crippen molar-refractivity contribution in [1.29, 1.82) is 0 Å². The van der Waals surface area contributed by atoms with Crippen molar-refractivity contribution in [2.75, 3.05) is 5.32 Å². The third-order valence-corrected chi connectivity index (χ3v) is 5.15. The number of carbonyl (C=O) groups excluding carboxylic acids is 2. The van der Waals surface area contributed by atoms with E-state index in [1.54, 1.807) is 6.08 Å². The number of ether oxygens (including phenoxy) is 2. The summed E-state index contributed by atoms with van der Waals surface area (Å²) in [5, 5.41) is 3.43. The average molecular weight is 464 g/mol. The third kappa shape index (κ3) is 7.81. The summed E-state index contributed by atoms with van der Waals surface area (Å²) in [6.07, 6.45) is 2.92. The average Bonchev–Trinajstić information content (AvgIpc) is 2.83. The first-order chi connectivity index (χ1) is 15.9. The number of hydrogen-bond donors (Lipinski definition) is 1. The van der Waals surface area contributed by atoms with Crippen molar-refractivity contribution < 1.29 is 19.1 Å². The van der Waals surface area contributed by atoms with Crippen molar-refractivity contribution in [3.63, 3.8) is 0 Å². The lowest BCUT2D eigenvalue weighted by atomic mass is 10.1. The fourth-order valence-corrected chi connectivity index (χ4v) is 3.05. The Labute approximate surface area is 199 Å². The molecular formula is C27H26ClNO4. The smallest absolute Gasteiger partial charge is 0.331 e. The molecule has 1 unspecified atom stereocenters. The molecule has 0 radical (unpaired) electrons. The molecule has 170 valence electrons. The van der Waals surface area contributed by atoms with Gasteiger partial charge in [0.05, 0.1) is 0 Å². The van der Waals surface area contributed by atoms with Crippen LogP contribution in [0.4, 0.5) is 5.69 Å². The number of hydrogen-bond acceptors (Lipinski definition) is 4. The van der Waals surface area contributed by atoms with E-state index in [-0.39, 0.29) is 5.91 Å². The quantitative estimate of drug-likeness (QED) is 0.309. The Morgan fingerprint density at radius 3 is 2.21 bits per heavy atom. The van der Waals surface area contributed by atoms with Crippen LogP contribution in [0.3, 0.4) is 0 Å². The summed E-state index contributed by atoms with van der Waals surface area (Å²) < 4.78 is 10.9. The lowest BCUT2D eigenvalue weighted by Gasteiger charge is -2.12. The van der Waals surface area contributed by atoms with Crippen LogP contribution in [0, 0.1) is 0 Å². The van der Waals surface area contributed by atoms with E-state index in [0.29, 0.717) is 23.1 Å². The number of esters is 1. The highest BCUT2D eigenvalue weighted by molar-refractivity contribution is 6.30. The van der Waals surface area contributed by atoms with Gasteiger partial charge in [-0.2, -0.15) is 0 Å². The second kappa shape index (κ2) is 11.9. The van der Waals surface area contributed by atoms with Crippen molar-refractivity contribution in [3.8, 4) is 5.75 Å². The highest BCUT2D eigenvalue weighted by atomic mass is 35.5. The molecule has 0 heterocycles. The van der Waals surface area contributed by atoms with Crippen LogP contribution < -0.4 is 10.1 Å². The SMILES string of the molecule is CCc1ccc(NC(=O)C(C)OC(=O)C=Cc2ccc(OCc3ccc(Cl)cc3)cc2)cc1. The molecule has 5 nitrogen and oxygen atoms in total. The Morgan fingerprint density at radius 2 is 1.58 bits per heavy atom. The van der Waals surface area contributed by atoms with E-state index in [2.05, 4.69) is 12.2 Å². The summed E-state index contributed by atoms with van der Waals surface area (Å²) in [6, 6.07) is 22.3. The van der Waals surface area contributed by atoms with Crippen molar-refractivity contribution in [3.05, 3.63) is 101 Å². The fourth-order valence-electron chi connectivity index (χ4n) is 2.92. The Bertz CT molecular complexity index is 1090. The van der Waals surface area contributed by atoms with E-state index in [1.165, 1.54) is 18.6 Å². The molecule has 0 aliphatic rings. The Kier molecular flexibility index (Phi) is 8.67. The Morgan fingerprint density at radius 1 is 0.939 bits per heavy atom. The van der Waals surface area contributed by atoms with Gasteiger partial charge in [-0.3, -0.25) is 4.79 Å². The van der Waals surface area contributed by atoms with Gasteiger partial charge in [-0.1, -0.05) is 54.9 Å². The van der Waals surface area contributed by atoms with E-state index in [4.69, 9.17) is 21.1 Å². The number of nitrogens with one attached hydrogen (secondary N) is 1. The summed E-state index contributed by atoms with van der Waals surface area (Å²) in [6.45, 7) is 4.03. The summed E-state index contributed by atoms with van der Waals surface area (Å²) in [7, 11) is 0. The van der Waals surface area contributed by atoms with Crippen molar-refractivity contribution in [2.24, 2.45) is 0 Å². The molecule has 1 amide bonds. The lowest BCUT2D eigenvalue weighted by Crippen LogP contribution is -2.29. The zero-order valence-corrected chi connectivity index (χ0v) is 19.3. The van der Waals surface area contributed by atoms with Crippen LogP contribution in [0.5, 0.6) is 5.75 Å². The van der Waals surface area contributed by atoms with Crippen LogP contribution in [0.15, 0.2) is 78.9 Å². The van der Waals surface area contributed by atoms with E-state index in [9.17, 15) is 9.59 Å². The second-order valence-electron chi connectivity index (χ2n) is 7.44. The van der Waals surface area contributed by atoms with Crippen LogP contribution in [-0.4, -0.2) is 18.0 Å². The fraction of sp³-hybridized carbons (Fsp3) is 0.185. The molecule has 1 atom stereocenters. The molecule has 33 heavy (non-hydrogen) atoms. The van der Waals surface area contributed by atoms with Crippen LogP contribution in [0.25, 0.3) is 6.08 Å². The molecule has 3 aromatic rings. The summed E-state index contributed by atoms with van der Waals surface area (Å²) >= 11 is 5.88. The van der Waals surface area contributed by atoms with Gasteiger partial charge in [0.2, 0.25) is 0 Å². The van der Waals surface area contributed by atoms with Crippen LogP contribution in [0.1, 0.15) is 30.5 Å². The summed E-state index contributed by atoms with van der Waals surface area (Å²) in [5.41, 5.74) is 3.66. The van der Waals surface area contributed by atoms with Gasteiger partial charge in [0, 0.05) is 16.8 Å². The predicted octanol–water partition coefficient (Wildman–Crippen LogP) is 6.07. The molecule has 0 saturated carbocycles. The number of amides is 1. The highest BCUT2D eigenvalue weighted by Gasteiger charge is 2.16. The van der Waals surface area contributed by atoms with Crippen molar-refractivity contribution >= 4 is 35.2 Å². The molecular weight excluding hydrogens is 438 g/mol. The number of rotatable bonds is 9. The summed E-state index contributed by atoms with van der Waals surface area (Å²) in [5.74, 6) is -0.271. The lowest BCUT2D eigenvalue weighted by molar-refractivity contribution is -0.148. The molecule has 0 fully saturated rings. The number of benzene rings is 3. The van der Waals surface area contributed by atoms with Gasteiger partial charge < -0.3 is 14.8 Å². The minimum atomic E-state index is -0.920. The van der Waals surface area contributed by atoms with Crippen molar-refractivity contribution in [1.82, 2.24) is 0 Å². The molecule has 1 N–H and O–H groups in total. The zero-order chi connectivity index (χ0) is 23.6. The maximum absolute atomic E-state index is 12.3. The zero-order valence-electron chi connectivity index (χ0n) is 18.6. The molecule has 0 aliphatic heterocycles. The molecule has 0 bridgehead atoms. The van der Waals surface area contributed by atoms with Gasteiger partial charge >= 0.3 is 5.97 Å². The standard InChI is InChI=1S/C27H26ClNO4/c1-3-20-6-13-24(14-7-20)29-27(31)19(2)33-26(30)17-10-21-8-15-25(16-9-21)32-18-22-4-11-23(28)12-5-22/h4-17,19H,3,18H2,1-2H3,(H,29,31). The number of carbonyl (C=O) groups is 2. The molecule has 0 spiro atoms. The summed E-state index contributed by atoms with van der Waals surface area (Å²) in [4.78, 5) is 24.4. The van der Waals surface area contributed by atoms with Gasteiger partial charge in [-0.05, 0) is 72.5 Å². The highest BCUT2D eigenvalue weighted by Crippen LogP contribution is 2.17. The number of halogens is 1. The monoisotopic (exact) mass is 463 g/mol. The first-order valence-electron chi connectivity index (χ1n) is 10.7. The molecule has 6 heteroatoms. The third-order valence-electron chi connectivity index (χ3n) is 4.90. The molecule has 3 aromatic carbocycles. The van der Waals surface area contributed by atoms with Gasteiger partial charge in [0.25, 0.3) is 5.91 Å². The molecule has 0 saturated heterocycles. The molecule has 0 aromatic heterocycles. The maximum Gasteiger partial charge on any atom is 0.331 e. The van der Waals surface area contributed by atoms with Crippen LogP contribution >= 0.6 is 11.6 Å². The van der Waals surface area contributed by atoms with Gasteiger partial charge in [0.15, 0.2) is 6.10 Å². The maximum atomic E-state index is 12.3. The van der Waals surface area contributed by atoms with E-state index in [0.717, 1.165) is 17.5 Å². The minimum absolute atomic E-state index is 0.386. The van der Waals surface area contributed by atoms with E-state index < -0.39 is 12.1 Å². The van der Waals surface area contributed by atoms with Gasteiger partial charge in [-0.15, -0.1) is 0 Å². The molecule has 0 aliphatic carbocycles. The molecule has 3 rings (SSSR count). The minimum Gasteiger partial charge on any atom is -0.489 e. The second-order valence-corrected chi connectivity index (χ2v) is 7.87. The van der Waals surface area contributed by atoms with Gasteiger partial charge in [0.1, 0.15) is 12.4 Å².